The predicted molar refractivity (Wildman–Crippen MR) is 68.3 cm³/mol. The minimum atomic E-state index is -1.62. The van der Waals surface area contributed by atoms with Crippen molar-refractivity contribution in [3.8, 4) is 0 Å². The molecule has 2 N–H and O–H groups in total. The zero-order valence-electron chi connectivity index (χ0n) is 10.5. The van der Waals surface area contributed by atoms with Crippen molar-refractivity contribution < 1.29 is 14.8 Å². The normalized spacial score (nSPS) is 10.2. The molecule has 1 amide bonds. The number of amides is 1. The van der Waals surface area contributed by atoms with Crippen LogP contribution in [0.25, 0.3) is 0 Å². The van der Waals surface area contributed by atoms with Gasteiger partial charge in [0.1, 0.15) is 0 Å². The van der Waals surface area contributed by atoms with Gasteiger partial charge in [-0.25, -0.2) is 0 Å². The average Bonchev–Trinajstić information content (AvgIpc) is 2.29. The summed E-state index contributed by atoms with van der Waals surface area (Å²) in [5.41, 5.74) is 1.54. The number of nitrogens with zero attached hydrogens (tertiary/aromatic N) is 1. The summed E-state index contributed by atoms with van der Waals surface area (Å²) in [6.07, 6.45) is 0. The number of carbonyl (C=O) groups is 1. The molecule has 1 aromatic carbocycles. The Bertz CT molecular complexity index is 403. The third-order valence-corrected chi connectivity index (χ3v) is 2.77. The SMILES string of the molecule is CCN(CC)C(=O)c1cc(C)ccc1B(O)O. The average molecular weight is 235 g/mol. The van der Waals surface area contributed by atoms with Crippen molar-refractivity contribution in [3.63, 3.8) is 0 Å². The van der Waals surface area contributed by atoms with E-state index in [2.05, 4.69) is 0 Å². The van der Waals surface area contributed by atoms with E-state index in [1.165, 1.54) is 0 Å². The molecule has 0 heterocycles. The van der Waals surface area contributed by atoms with Crippen LogP contribution in [0.2, 0.25) is 0 Å². The zero-order chi connectivity index (χ0) is 13.0. The summed E-state index contributed by atoms with van der Waals surface area (Å²) in [5.74, 6) is -0.165. The van der Waals surface area contributed by atoms with Gasteiger partial charge >= 0.3 is 7.12 Å². The molecule has 0 radical (unpaired) electrons. The Morgan fingerprint density at radius 3 is 2.35 bits per heavy atom. The summed E-state index contributed by atoms with van der Waals surface area (Å²) in [6, 6.07) is 5.03. The summed E-state index contributed by atoms with van der Waals surface area (Å²) in [4.78, 5) is 13.8. The first-order chi connectivity index (χ1) is 8.01. The van der Waals surface area contributed by atoms with Gasteiger partial charge in [0.15, 0.2) is 0 Å². The van der Waals surface area contributed by atoms with E-state index < -0.39 is 7.12 Å². The smallest absolute Gasteiger partial charge is 0.423 e. The third kappa shape index (κ3) is 3.08. The molecule has 4 nitrogen and oxygen atoms in total. The van der Waals surface area contributed by atoms with Crippen LogP contribution in [0, 0.1) is 6.92 Å². The topological polar surface area (TPSA) is 60.8 Å². The molecule has 0 aromatic heterocycles. The van der Waals surface area contributed by atoms with Gasteiger partial charge in [-0.3, -0.25) is 4.79 Å². The van der Waals surface area contributed by atoms with E-state index in [9.17, 15) is 14.8 Å². The molecule has 0 spiro atoms. The van der Waals surface area contributed by atoms with Gasteiger partial charge in [0.25, 0.3) is 5.91 Å². The minimum absolute atomic E-state index is 0.165. The van der Waals surface area contributed by atoms with Crippen LogP contribution in [0.4, 0.5) is 0 Å². The largest absolute Gasteiger partial charge is 0.489 e. The molecule has 0 saturated heterocycles. The van der Waals surface area contributed by atoms with Crippen LogP contribution < -0.4 is 5.46 Å². The molecule has 1 aromatic rings. The lowest BCUT2D eigenvalue weighted by atomic mass is 9.76. The van der Waals surface area contributed by atoms with Crippen molar-refractivity contribution in [2.24, 2.45) is 0 Å². The fourth-order valence-electron chi connectivity index (χ4n) is 1.76. The fourth-order valence-corrected chi connectivity index (χ4v) is 1.76. The monoisotopic (exact) mass is 235 g/mol. The Morgan fingerprint density at radius 1 is 1.29 bits per heavy atom. The van der Waals surface area contributed by atoms with Crippen LogP contribution >= 0.6 is 0 Å². The zero-order valence-corrected chi connectivity index (χ0v) is 10.5. The molecule has 0 aliphatic heterocycles. The van der Waals surface area contributed by atoms with E-state index in [0.29, 0.717) is 18.7 Å². The van der Waals surface area contributed by atoms with E-state index in [0.717, 1.165) is 5.56 Å². The molecule has 1 rings (SSSR count). The van der Waals surface area contributed by atoms with Crippen LogP contribution in [0.1, 0.15) is 29.8 Å². The Hall–Kier alpha value is -1.33. The van der Waals surface area contributed by atoms with Crippen LogP contribution in [0.5, 0.6) is 0 Å². The number of hydrogen-bond donors (Lipinski definition) is 2. The molecule has 0 atom stereocenters. The van der Waals surface area contributed by atoms with Crippen LogP contribution in [0.15, 0.2) is 18.2 Å². The Morgan fingerprint density at radius 2 is 1.88 bits per heavy atom. The lowest BCUT2D eigenvalue weighted by Gasteiger charge is -2.20. The molecule has 0 saturated carbocycles. The van der Waals surface area contributed by atoms with E-state index in [4.69, 9.17) is 0 Å². The van der Waals surface area contributed by atoms with Crippen LogP contribution in [-0.2, 0) is 0 Å². The van der Waals surface area contributed by atoms with Gasteiger partial charge in [-0.2, -0.15) is 0 Å². The summed E-state index contributed by atoms with van der Waals surface area (Å²) in [7, 11) is -1.62. The summed E-state index contributed by atoms with van der Waals surface area (Å²) in [5, 5.41) is 18.5. The Labute approximate surface area is 102 Å². The van der Waals surface area contributed by atoms with Crippen molar-refractivity contribution >= 4 is 18.5 Å². The molecule has 0 fully saturated rings. The number of hydrogen-bond acceptors (Lipinski definition) is 3. The van der Waals surface area contributed by atoms with Crippen molar-refractivity contribution in [1.82, 2.24) is 4.90 Å². The number of carbonyl (C=O) groups excluding carboxylic acids is 1. The first kappa shape index (κ1) is 13.7. The predicted octanol–water partition coefficient (Wildman–Crippen LogP) is 0.157. The van der Waals surface area contributed by atoms with Gasteiger partial charge in [0.2, 0.25) is 0 Å². The van der Waals surface area contributed by atoms with Crippen molar-refractivity contribution in [3.05, 3.63) is 29.3 Å². The second kappa shape index (κ2) is 5.84. The first-order valence-electron chi connectivity index (χ1n) is 5.77. The standard InChI is InChI=1S/C12H18BNO3/c1-4-14(5-2)12(15)10-8-9(3)6-7-11(10)13(16)17/h6-8,16-17H,4-5H2,1-3H3. The Kier molecular flexibility index (Phi) is 4.72. The summed E-state index contributed by atoms with van der Waals surface area (Å²) in [6.45, 7) is 6.86. The number of rotatable bonds is 4. The van der Waals surface area contributed by atoms with Crippen molar-refractivity contribution in [1.29, 1.82) is 0 Å². The second-order valence-electron chi connectivity index (χ2n) is 3.94. The molecule has 0 aliphatic carbocycles. The van der Waals surface area contributed by atoms with E-state index >= 15 is 0 Å². The van der Waals surface area contributed by atoms with Crippen molar-refractivity contribution in [2.45, 2.75) is 20.8 Å². The molecular weight excluding hydrogens is 217 g/mol. The maximum Gasteiger partial charge on any atom is 0.489 e. The lowest BCUT2D eigenvalue weighted by molar-refractivity contribution is 0.0773. The van der Waals surface area contributed by atoms with Crippen LogP contribution in [-0.4, -0.2) is 41.1 Å². The number of benzene rings is 1. The highest BCUT2D eigenvalue weighted by Gasteiger charge is 2.22. The summed E-state index contributed by atoms with van der Waals surface area (Å²) < 4.78 is 0. The van der Waals surface area contributed by atoms with Gasteiger partial charge in [-0.05, 0) is 32.3 Å². The van der Waals surface area contributed by atoms with Gasteiger partial charge in [0.05, 0.1) is 0 Å². The first-order valence-corrected chi connectivity index (χ1v) is 5.77. The quantitative estimate of drug-likeness (QED) is 0.730. The molecule has 0 aliphatic rings. The summed E-state index contributed by atoms with van der Waals surface area (Å²) >= 11 is 0. The molecule has 0 unspecified atom stereocenters. The second-order valence-corrected chi connectivity index (χ2v) is 3.94. The van der Waals surface area contributed by atoms with Gasteiger partial charge < -0.3 is 14.9 Å². The van der Waals surface area contributed by atoms with E-state index in [1.807, 2.05) is 20.8 Å². The molecule has 5 heteroatoms. The van der Waals surface area contributed by atoms with Gasteiger partial charge in [-0.1, -0.05) is 17.7 Å². The Balaban J connectivity index is 3.19. The lowest BCUT2D eigenvalue weighted by Crippen LogP contribution is -2.40. The van der Waals surface area contributed by atoms with Crippen molar-refractivity contribution in [2.75, 3.05) is 13.1 Å². The highest BCUT2D eigenvalue weighted by molar-refractivity contribution is 6.60. The number of aryl methyl sites for hydroxylation is 1. The maximum atomic E-state index is 12.2. The molecule has 0 bridgehead atoms. The highest BCUT2D eigenvalue weighted by atomic mass is 16.4. The highest BCUT2D eigenvalue weighted by Crippen LogP contribution is 2.06. The molecular formula is C12H18BNO3. The van der Waals surface area contributed by atoms with E-state index in [-0.39, 0.29) is 11.4 Å². The maximum absolute atomic E-state index is 12.2. The minimum Gasteiger partial charge on any atom is -0.423 e. The van der Waals surface area contributed by atoms with Gasteiger partial charge in [0, 0.05) is 18.7 Å². The van der Waals surface area contributed by atoms with Crippen LogP contribution in [0.3, 0.4) is 0 Å². The molecule has 92 valence electrons. The third-order valence-electron chi connectivity index (χ3n) is 2.77. The fraction of sp³-hybridized carbons (Fsp3) is 0.417. The van der Waals surface area contributed by atoms with E-state index in [1.54, 1.807) is 23.1 Å². The molecule has 17 heavy (non-hydrogen) atoms. The van der Waals surface area contributed by atoms with Gasteiger partial charge in [-0.15, -0.1) is 0 Å².